The zero-order valence-corrected chi connectivity index (χ0v) is 25.6. The Morgan fingerprint density at radius 1 is 0.535 bits per heavy atom. The minimum Gasteiger partial charge on any atom is -0.399 e. The standard InChI is InChI=1S/C38H32O3P2/c1-3-14-29(15-4-1)35-20-11-21-36(30-16-5-2-6-17-30)42(35)26-39-43-40-33-24-22-27-12-7-9-18-31(27)37(33)38-32-19-10-8-13-28(32)23-25-34(38)41-43/h1-10,12-19,22-25,35-36H,11,20-21,26H2/t35-,36?,42?/m0/s1. The van der Waals surface area contributed by atoms with Crippen molar-refractivity contribution < 1.29 is 12.9 Å². The molecule has 3 nitrogen and oxygen atoms in total. The molecule has 5 heteroatoms. The summed E-state index contributed by atoms with van der Waals surface area (Å²) in [6, 6.07) is 47.5. The van der Waals surface area contributed by atoms with Crippen LogP contribution in [0, 0.1) is 0 Å². The highest BCUT2D eigenvalue weighted by Crippen LogP contribution is 2.67. The third-order valence-corrected chi connectivity index (χ3v) is 13.2. The minimum atomic E-state index is -1.67. The second-order valence-corrected chi connectivity index (χ2v) is 14.9. The summed E-state index contributed by atoms with van der Waals surface area (Å²) in [6.07, 6.45) is 4.23. The molecule has 1 saturated heterocycles. The molecule has 3 atom stereocenters. The van der Waals surface area contributed by atoms with Gasteiger partial charge in [-0.15, -0.1) is 0 Å². The van der Waals surface area contributed by atoms with Crippen molar-refractivity contribution in [2.24, 2.45) is 0 Å². The third-order valence-electron chi connectivity index (χ3n) is 8.81. The predicted octanol–water partition coefficient (Wildman–Crippen LogP) is 12.1. The molecule has 7 aromatic rings. The van der Waals surface area contributed by atoms with E-state index in [0.717, 1.165) is 32.7 Å². The largest absolute Gasteiger partial charge is 0.399 e. The maximum atomic E-state index is 6.79. The molecular weight excluding hydrogens is 566 g/mol. The van der Waals surface area contributed by atoms with Crippen molar-refractivity contribution in [1.29, 1.82) is 0 Å². The second-order valence-electron chi connectivity index (χ2n) is 11.3. The smallest absolute Gasteiger partial charge is 0.387 e. The molecule has 0 N–H and O–H groups in total. The van der Waals surface area contributed by atoms with Gasteiger partial charge < -0.3 is 8.39 Å². The fraction of sp³-hybridized carbons (Fsp3) is 0.158. The van der Waals surface area contributed by atoms with E-state index in [2.05, 4.69) is 133 Å². The minimum absolute atomic E-state index is 0.476. The first-order valence-corrected chi connectivity index (χ1v) is 17.8. The number of fused-ring (bicyclic) bond motifs is 7. The van der Waals surface area contributed by atoms with E-state index in [1.807, 2.05) is 0 Å². The lowest BCUT2D eigenvalue weighted by atomic mass is 9.99. The molecule has 0 amide bonds. The van der Waals surface area contributed by atoms with Crippen molar-refractivity contribution in [2.75, 3.05) is 6.35 Å². The zero-order valence-electron chi connectivity index (χ0n) is 23.8. The van der Waals surface area contributed by atoms with Gasteiger partial charge in [0.15, 0.2) is 0 Å². The van der Waals surface area contributed by atoms with Gasteiger partial charge in [0.05, 0.1) is 6.35 Å². The molecule has 0 bridgehead atoms. The van der Waals surface area contributed by atoms with E-state index in [0.29, 0.717) is 17.7 Å². The van der Waals surface area contributed by atoms with Crippen molar-refractivity contribution >= 4 is 59.6 Å². The van der Waals surface area contributed by atoms with Gasteiger partial charge in [-0.05, 0) is 57.6 Å². The SMILES string of the molecule is c1ccc(C2CCC[C@@H](c3ccccc3)P2COp2oc3ccc4ccccc4c3c3c(ccc4ccccc43)o2)cc1. The van der Waals surface area contributed by atoms with E-state index in [9.17, 15) is 0 Å². The molecule has 0 spiro atoms. The Morgan fingerprint density at radius 2 is 1.00 bits per heavy atom. The summed E-state index contributed by atoms with van der Waals surface area (Å²) in [5.41, 5.74) is 5.42. The van der Waals surface area contributed by atoms with Crippen LogP contribution in [0.15, 0.2) is 142 Å². The van der Waals surface area contributed by atoms with Crippen LogP contribution in [0.4, 0.5) is 0 Å². The van der Waals surface area contributed by atoms with Crippen LogP contribution in [-0.4, -0.2) is 6.35 Å². The normalized spacial score (nSPS) is 18.8. The van der Waals surface area contributed by atoms with Gasteiger partial charge in [-0.25, -0.2) is 0 Å². The lowest BCUT2D eigenvalue weighted by molar-refractivity contribution is 0.428. The monoisotopic (exact) mass is 598 g/mol. The lowest BCUT2D eigenvalue weighted by Crippen LogP contribution is -2.14. The Labute approximate surface area is 253 Å². The highest BCUT2D eigenvalue weighted by atomic mass is 31.1. The van der Waals surface area contributed by atoms with Gasteiger partial charge in [0.1, 0.15) is 11.2 Å². The van der Waals surface area contributed by atoms with Crippen molar-refractivity contribution in [2.45, 2.75) is 30.6 Å². The molecule has 212 valence electrons. The zero-order chi connectivity index (χ0) is 28.6. The lowest BCUT2D eigenvalue weighted by Gasteiger charge is -2.39. The first-order valence-electron chi connectivity index (χ1n) is 15.0. The average Bonchev–Trinajstić information content (AvgIpc) is 3.25. The van der Waals surface area contributed by atoms with E-state index in [-0.39, 0.29) is 0 Å². The van der Waals surface area contributed by atoms with Crippen molar-refractivity contribution in [1.82, 2.24) is 0 Å². The Morgan fingerprint density at radius 3 is 1.51 bits per heavy atom. The van der Waals surface area contributed by atoms with Gasteiger partial charge in [-0.3, -0.25) is 4.52 Å². The summed E-state index contributed by atoms with van der Waals surface area (Å²) in [4.78, 5) is 0. The Bertz CT molecular complexity index is 1940. The number of rotatable bonds is 5. The molecule has 1 aromatic heterocycles. The van der Waals surface area contributed by atoms with Crippen LogP contribution in [0.25, 0.3) is 43.5 Å². The molecule has 8 rings (SSSR count). The summed E-state index contributed by atoms with van der Waals surface area (Å²) in [5, 5.41) is 6.82. The van der Waals surface area contributed by atoms with Crippen LogP contribution in [0.1, 0.15) is 41.7 Å². The van der Waals surface area contributed by atoms with E-state index in [1.54, 1.807) is 0 Å². The maximum absolute atomic E-state index is 6.79. The van der Waals surface area contributed by atoms with Gasteiger partial charge in [-0.1, -0.05) is 136 Å². The summed E-state index contributed by atoms with van der Waals surface area (Å²) in [6.45, 7) is 0. The fourth-order valence-electron chi connectivity index (χ4n) is 6.82. The maximum Gasteiger partial charge on any atom is 0.387 e. The number of benzene rings is 6. The van der Waals surface area contributed by atoms with Crippen LogP contribution >= 0.6 is 16.2 Å². The van der Waals surface area contributed by atoms with Crippen molar-refractivity contribution in [3.63, 3.8) is 0 Å². The Hall–Kier alpha value is -3.87. The predicted molar refractivity (Wildman–Crippen MR) is 182 cm³/mol. The van der Waals surface area contributed by atoms with Crippen LogP contribution < -0.4 is 4.52 Å². The molecule has 2 heterocycles. The molecule has 0 saturated carbocycles. The van der Waals surface area contributed by atoms with Crippen LogP contribution in [0.2, 0.25) is 0 Å². The molecule has 1 fully saturated rings. The number of hydrogen-bond donors (Lipinski definition) is 0. The van der Waals surface area contributed by atoms with Gasteiger partial charge in [0.25, 0.3) is 0 Å². The molecule has 6 aromatic carbocycles. The van der Waals surface area contributed by atoms with Gasteiger partial charge in [0, 0.05) is 22.1 Å². The van der Waals surface area contributed by atoms with Crippen LogP contribution in [0.3, 0.4) is 0 Å². The van der Waals surface area contributed by atoms with Crippen LogP contribution in [0.5, 0.6) is 0 Å². The quantitative estimate of drug-likeness (QED) is 0.185. The first kappa shape index (κ1) is 26.7. The highest BCUT2D eigenvalue weighted by Gasteiger charge is 2.35. The van der Waals surface area contributed by atoms with E-state index < -0.39 is 16.2 Å². The average molecular weight is 599 g/mol. The van der Waals surface area contributed by atoms with E-state index in [4.69, 9.17) is 12.9 Å². The Kier molecular flexibility index (Phi) is 7.25. The molecule has 0 aliphatic carbocycles. The summed E-state index contributed by atoms with van der Waals surface area (Å²) < 4.78 is 20.2. The third kappa shape index (κ3) is 5.07. The molecule has 0 radical (unpaired) electrons. The van der Waals surface area contributed by atoms with Crippen molar-refractivity contribution in [3.05, 3.63) is 145 Å². The van der Waals surface area contributed by atoms with Crippen LogP contribution in [-0.2, 0) is 0 Å². The summed E-state index contributed by atoms with van der Waals surface area (Å²) in [7, 11) is -2.21. The summed E-state index contributed by atoms with van der Waals surface area (Å²) in [5.74, 6) is 0. The van der Waals surface area contributed by atoms with Gasteiger partial charge >= 0.3 is 8.24 Å². The molecule has 2 unspecified atom stereocenters. The first-order chi connectivity index (χ1) is 21.3. The molecule has 1 aliphatic rings. The fourth-order valence-corrected chi connectivity index (χ4v) is 11.4. The topological polar surface area (TPSA) is 35.5 Å². The highest BCUT2D eigenvalue weighted by molar-refractivity contribution is 7.58. The number of hydrogen-bond acceptors (Lipinski definition) is 3. The van der Waals surface area contributed by atoms with Crippen molar-refractivity contribution in [3.8, 4) is 0 Å². The van der Waals surface area contributed by atoms with Gasteiger partial charge in [-0.2, -0.15) is 0 Å². The summed E-state index contributed by atoms with van der Waals surface area (Å²) >= 11 is 0. The Balaban J connectivity index is 1.28. The second kappa shape index (κ2) is 11.7. The molecule has 43 heavy (non-hydrogen) atoms. The molecule has 1 aliphatic heterocycles. The van der Waals surface area contributed by atoms with Gasteiger partial charge in [0.2, 0.25) is 0 Å². The molecular formula is C38H32O3P2. The van der Waals surface area contributed by atoms with E-state index in [1.165, 1.54) is 41.2 Å². The van der Waals surface area contributed by atoms with E-state index >= 15 is 0 Å².